The summed E-state index contributed by atoms with van der Waals surface area (Å²) in [5.41, 5.74) is 3.18. The van der Waals surface area contributed by atoms with Crippen LogP contribution in [0.3, 0.4) is 0 Å². The van der Waals surface area contributed by atoms with Crippen molar-refractivity contribution in [3.8, 4) is 0 Å². The normalized spacial score (nSPS) is 30.4. The first kappa shape index (κ1) is 15.9. The molecule has 1 saturated carbocycles. The van der Waals surface area contributed by atoms with Crippen LogP contribution in [0.15, 0.2) is 18.2 Å². The van der Waals surface area contributed by atoms with Gasteiger partial charge in [-0.15, -0.1) is 0 Å². The maximum atomic E-state index is 11.3. The van der Waals surface area contributed by atoms with E-state index in [0.29, 0.717) is 11.8 Å². The average molecular weight is 346 g/mol. The van der Waals surface area contributed by atoms with E-state index in [-0.39, 0.29) is 11.9 Å². The third-order valence-electron chi connectivity index (χ3n) is 5.33. The summed E-state index contributed by atoms with van der Waals surface area (Å²) >= 11 is 1.25. The van der Waals surface area contributed by atoms with E-state index < -0.39 is 6.10 Å². The van der Waals surface area contributed by atoms with Gasteiger partial charge in [0, 0.05) is 26.6 Å². The van der Waals surface area contributed by atoms with Crippen LogP contribution in [0.5, 0.6) is 0 Å². The summed E-state index contributed by atoms with van der Waals surface area (Å²) in [6, 6.07) is 6.19. The third-order valence-corrected chi connectivity index (χ3v) is 5.89. The summed E-state index contributed by atoms with van der Waals surface area (Å²) in [6.07, 6.45) is 1.23. The Morgan fingerprint density at radius 3 is 2.83 bits per heavy atom. The van der Waals surface area contributed by atoms with Crippen molar-refractivity contribution in [3.63, 3.8) is 0 Å². The number of aromatic nitrogens is 2. The van der Waals surface area contributed by atoms with Crippen LogP contribution in [-0.2, 0) is 11.3 Å². The predicted molar refractivity (Wildman–Crippen MR) is 92.5 cm³/mol. The van der Waals surface area contributed by atoms with Crippen LogP contribution in [0, 0.1) is 11.8 Å². The zero-order valence-electron chi connectivity index (χ0n) is 13.7. The van der Waals surface area contributed by atoms with Gasteiger partial charge >= 0.3 is 0 Å². The molecule has 2 aromatic rings. The quantitative estimate of drug-likeness (QED) is 0.878. The lowest BCUT2D eigenvalue weighted by Crippen LogP contribution is -2.48. The van der Waals surface area contributed by atoms with Gasteiger partial charge in [0.05, 0.1) is 23.9 Å². The molecule has 6 nitrogen and oxygen atoms in total. The first-order chi connectivity index (χ1) is 11.6. The van der Waals surface area contributed by atoms with E-state index in [4.69, 9.17) is 0 Å². The molecule has 7 heteroatoms. The molecule has 1 aliphatic carbocycles. The Labute approximate surface area is 145 Å². The van der Waals surface area contributed by atoms with E-state index in [1.165, 1.54) is 24.2 Å². The Morgan fingerprint density at radius 2 is 2.04 bits per heavy atom. The number of carbonyl (C=O) groups is 1. The molecule has 1 saturated heterocycles. The number of benzene rings is 1. The lowest BCUT2D eigenvalue weighted by atomic mass is 9.77. The van der Waals surface area contributed by atoms with Crippen molar-refractivity contribution in [1.82, 2.24) is 19.0 Å². The maximum absolute atomic E-state index is 11.3. The van der Waals surface area contributed by atoms with Crippen LogP contribution in [0.4, 0.5) is 0 Å². The van der Waals surface area contributed by atoms with E-state index in [1.54, 1.807) is 0 Å². The summed E-state index contributed by atoms with van der Waals surface area (Å²) in [4.78, 5) is 13.8. The highest BCUT2D eigenvalue weighted by Gasteiger charge is 2.41. The van der Waals surface area contributed by atoms with Crippen LogP contribution >= 0.6 is 11.7 Å². The summed E-state index contributed by atoms with van der Waals surface area (Å²) in [5.74, 6) is 1.02. The second-order valence-electron chi connectivity index (χ2n) is 7.15. The molecule has 2 aliphatic rings. The van der Waals surface area contributed by atoms with Crippen molar-refractivity contribution < 1.29 is 9.90 Å². The van der Waals surface area contributed by atoms with Crippen LogP contribution in [-0.4, -0.2) is 49.9 Å². The number of amides is 1. The molecular weight excluding hydrogens is 324 g/mol. The molecule has 1 aliphatic heterocycles. The minimum Gasteiger partial charge on any atom is -0.391 e. The molecule has 2 heterocycles. The van der Waals surface area contributed by atoms with E-state index in [0.717, 1.165) is 43.5 Å². The molecule has 4 atom stereocenters. The second-order valence-corrected chi connectivity index (χ2v) is 7.68. The van der Waals surface area contributed by atoms with Crippen molar-refractivity contribution >= 4 is 28.7 Å². The number of aliphatic hydroxyl groups is 1. The fraction of sp³-hybridized carbons (Fsp3) is 0.588. The van der Waals surface area contributed by atoms with Crippen molar-refractivity contribution in [2.75, 3.05) is 13.1 Å². The van der Waals surface area contributed by atoms with Gasteiger partial charge in [0.15, 0.2) is 0 Å². The first-order valence-corrected chi connectivity index (χ1v) is 9.20. The molecule has 4 rings (SSSR count). The number of nitrogens with zero attached hydrogens (tertiary/aromatic N) is 3. The summed E-state index contributed by atoms with van der Waals surface area (Å²) in [5, 5.41) is 13.2. The topological polar surface area (TPSA) is 78.4 Å². The molecule has 24 heavy (non-hydrogen) atoms. The van der Waals surface area contributed by atoms with Crippen LogP contribution in [0.2, 0.25) is 0 Å². The van der Waals surface area contributed by atoms with Crippen molar-refractivity contribution in [2.24, 2.45) is 11.8 Å². The molecular formula is C17H22N4O2S. The zero-order chi connectivity index (χ0) is 16.7. The van der Waals surface area contributed by atoms with Gasteiger partial charge in [-0.25, -0.2) is 0 Å². The molecule has 2 N–H and O–H groups in total. The van der Waals surface area contributed by atoms with E-state index >= 15 is 0 Å². The van der Waals surface area contributed by atoms with Crippen molar-refractivity contribution in [1.29, 1.82) is 0 Å². The van der Waals surface area contributed by atoms with E-state index in [2.05, 4.69) is 31.1 Å². The van der Waals surface area contributed by atoms with Gasteiger partial charge in [-0.1, -0.05) is 6.07 Å². The van der Waals surface area contributed by atoms with Crippen molar-refractivity contribution in [2.45, 2.75) is 38.5 Å². The number of hydrogen-bond acceptors (Lipinski definition) is 6. The summed E-state index contributed by atoms with van der Waals surface area (Å²) in [6.45, 7) is 4.47. The Kier molecular flexibility index (Phi) is 4.24. The smallest absolute Gasteiger partial charge is 0.217 e. The van der Waals surface area contributed by atoms with Gasteiger partial charge in [-0.2, -0.15) is 8.75 Å². The van der Waals surface area contributed by atoms with Gasteiger partial charge < -0.3 is 10.4 Å². The molecule has 0 radical (unpaired) electrons. The average Bonchev–Trinajstić information content (AvgIpc) is 3.12. The molecule has 0 spiro atoms. The molecule has 0 bridgehead atoms. The van der Waals surface area contributed by atoms with Gasteiger partial charge in [0.2, 0.25) is 5.91 Å². The minimum absolute atomic E-state index is 0.0578. The maximum Gasteiger partial charge on any atom is 0.217 e. The molecule has 2 fully saturated rings. The number of aliphatic hydroxyl groups excluding tert-OH is 1. The highest BCUT2D eigenvalue weighted by atomic mass is 32.1. The van der Waals surface area contributed by atoms with Gasteiger partial charge in [-0.05, 0) is 42.4 Å². The summed E-state index contributed by atoms with van der Waals surface area (Å²) in [7, 11) is 0. The Bertz CT molecular complexity index is 749. The minimum atomic E-state index is -0.424. The number of carbonyl (C=O) groups excluding carboxylic acids is 1. The Hall–Kier alpha value is -1.57. The highest BCUT2D eigenvalue weighted by Crippen LogP contribution is 2.37. The Balaban J connectivity index is 1.41. The standard InChI is InChI=1S/C17H22N4O2S/c1-10(22)18-16-5-12-8-21(9-13(12)6-17(16)23)7-11-2-3-14-15(4-11)20-24-19-14/h2-4,12-13,16-17,23H,5-9H2,1H3,(H,18,22)/t12-,13+,16-,17-/m1/s1. The molecule has 0 unspecified atom stereocenters. The predicted octanol–water partition coefficient (Wildman–Crippen LogP) is 1.40. The largest absolute Gasteiger partial charge is 0.391 e. The molecule has 128 valence electrons. The fourth-order valence-corrected chi connectivity index (χ4v) is 4.77. The SMILES string of the molecule is CC(=O)N[C@@H]1C[C@@H]2CN(Cc3ccc4nsnc4c3)C[C@@H]2C[C@H]1O. The van der Waals surface area contributed by atoms with Gasteiger partial charge in [-0.3, -0.25) is 9.69 Å². The van der Waals surface area contributed by atoms with Gasteiger partial charge in [0.25, 0.3) is 0 Å². The highest BCUT2D eigenvalue weighted by molar-refractivity contribution is 7.00. The lowest BCUT2D eigenvalue weighted by Gasteiger charge is -2.35. The van der Waals surface area contributed by atoms with Crippen LogP contribution < -0.4 is 5.32 Å². The number of nitrogens with one attached hydrogen (secondary N) is 1. The monoisotopic (exact) mass is 346 g/mol. The summed E-state index contributed by atoms with van der Waals surface area (Å²) < 4.78 is 8.56. The number of fused-ring (bicyclic) bond motifs is 2. The number of hydrogen-bond donors (Lipinski definition) is 2. The molecule has 1 aromatic heterocycles. The second kappa shape index (κ2) is 6.38. The third kappa shape index (κ3) is 3.16. The fourth-order valence-electron chi connectivity index (χ4n) is 4.26. The number of likely N-dealkylation sites (tertiary alicyclic amines) is 1. The van der Waals surface area contributed by atoms with E-state index in [1.807, 2.05) is 6.07 Å². The molecule has 1 amide bonds. The van der Waals surface area contributed by atoms with E-state index in [9.17, 15) is 9.90 Å². The zero-order valence-corrected chi connectivity index (χ0v) is 14.5. The number of rotatable bonds is 3. The first-order valence-electron chi connectivity index (χ1n) is 8.47. The molecule has 1 aromatic carbocycles. The Morgan fingerprint density at radius 1 is 1.29 bits per heavy atom. The van der Waals surface area contributed by atoms with Gasteiger partial charge in [0.1, 0.15) is 11.0 Å². The van der Waals surface area contributed by atoms with Crippen LogP contribution in [0.1, 0.15) is 25.3 Å². The van der Waals surface area contributed by atoms with Crippen LogP contribution in [0.25, 0.3) is 11.0 Å². The van der Waals surface area contributed by atoms with Crippen molar-refractivity contribution in [3.05, 3.63) is 23.8 Å². The lowest BCUT2D eigenvalue weighted by molar-refractivity contribution is -0.121.